The summed E-state index contributed by atoms with van der Waals surface area (Å²) in [6.07, 6.45) is 1.61. The van der Waals surface area contributed by atoms with E-state index in [1.54, 1.807) is 30.1 Å². The highest BCUT2D eigenvalue weighted by atomic mass is 16.5. The third-order valence-electron chi connectivity index (χ3n) is 4.20. The Morgan fingerprint density at radius 3 is 2.84 bits per heavy atom. The highest BCUT2D eigenvalue weighted by Gasteiger charge is 2.16. The van der Waals surface area contributed by atoms with Gasteiger partial charge in [0.05, 0.1) is 12.8 Å². The Morgan fingerprint density at radius 1 is 1.20 bits per heavy atom. The van der Waals surface area contributed by atoms with Crippen molar-refractivity contribution in [1.82, 2.24) is 9.78 Å². The highest BCUT2D eigenvalue weighted by Crippen LogP contribution is 2.36. The fourth-order valence-corrected chi connectivity index (χ4v) is 2.98. The van der Waals surface area contributed by atoms with E-state index < -0.39 is 0 Å². The second kappa shape index (κ2) is 5.98. The van der Waals surface area contributed by atoms with E-state index in [1.165, 1.54) is 0 Å². The molecule has 0 saturated heterocycles. The molecule has 0 unspecified atom stereocenters. The molecule has 0 aliphatic carbocycles. The molecule has 25 heavy (non-hydrogen) atoms. The number of carbonyl (C=O) groups excluding carboxylic acids is 1. The Labute approximate surface area is 144 Å². The zero-order chi connectivity index (χ0) is 17.4. The van der Waals surface area contributed by atoms with Crippen LogP contribution in [0, 0.1) is 0 Å². The molecule has 6 nitrogen and oxygen atoms in total. The van der Waals surface area contributed by atoms with Gasteiger partial charge in [0.2, 0.25) is 0 Å². The van der Waals surface area contributed by atoms with Crippen LogP contribution in [0.5, 0.6) is 5.75 Å². The summed E-state index contributed by atoms with van der Waals surface area (Å²) in [5, 5.41) is 8.98. The van der Waals surface area contributed by atoms with E-state index in [-0.39, 0.29) is 5.91 Å². The van der Waals surface area contributed by atoms with E-state index >= 15 is 0 Å². The zero-order valence-corrected chi connectivity index (χ0v) is 13.9. The number of methoxy groups -OCH3 is 1. The average Bonchev–Trinajstić information content (AvgIpc) is 3.24. The second-order valence-corrected chi connectivity index (χ2v) is 5.63. The van der Waals surface area contributed by atoms with Gasteiger partial charge in [0.25, 0.3) is 5.91 Å². The van der Waals surface area contributed by atoms with E-state index in [1.807, 2.05) is 37.3 Å². The average molecular weight is 335 g/mol. The minimum atomic E-state index is -0.242. The predicted molar refractivity (Wildman–Crippen MR) is 96.1 cm³/mol. The van der Waals surface area contributed by atoms with E-state index in [4.69, 9.17) is 9.15 Å². The smallest absolute Gasteiger partial charge is 0.274 e. The van der Waals surface area contributed by atoms with Crippen molar-refractivity contribution >= 4 is 33.5 Å². The van der Waals surface area contributed by atoms with Crippen molar-refractivity contribution in [2.24, 2.45) is 0 Å². The van der Waals surface area contributed by atoms with Crippen LogP contribution in [0.3, 0.4) is 0 Å². The van der Waals surface area contributed by atoms with E-state index in [0.717, 1.165) is 16.4 Å². The van der Waals surface area contributed by atoms with Gasteiger partial charge >= 0.3 is 0 Å². The van der Waals surface area contributed by atoms with Crippen molar-refractivity contribution < 1.29 is 13.9 Å². The third kappa shape index (κ3) is 2.52. The molecule has 0 aliphatic rings. The molecule has 2 aromatic carbocycles. The van der Waals surface area contributed by atoms with Crippen LogP contribution in [-0.4, -0.2) is 22.8 Å². The van der Waals surface area contributed by atoms with Crippen molar-refractivity contribution in [2.45, 2.75) is 13.5 Å². The summed E-state index contributed by atoms with van der Waals surface area (Å²) in [6, 6.07) is 13.2. The maximum absolute atomic E-state index is 12.6. The minimum Gasteiger partial charge on any atom is -0.495 e. The number of fused-ring (bicyclic) bond motifs is 3. The lowest BCUT2D eigenvalue weighted by atomic mass is 10.1. The first-order valence-electron chi connectivity index (χ1n) is 8.03. The van der Waals surface area contributed by atoms with Crippen LogP contribution in [0.2, 0.25) is 0 Å². The first kappa shape index (κ1) is 15.3. The standard InChI is InChI=1S/C19H17N3O3/c1-3-22-15(8-9-20-22)19(23)21-14-11-17-13(10-18(14)24-2)12-6-4-5-7-16(12)25-17/h4-11H,3H2,1-2H3,(H,21,23). The van der Waals surface area contributed by atoms with Crippen LogP contribution in [-0.2, 0) is 6.54 Å². The van der Waals surface area contributed by atoms with Gasteiger partial charge in [-0.3, -0.25) is 9.48 Å². The molecule has 0 fully saturated rings. The molecule has 4 aromatic rings. The van der Waals surface area contributed by atoms with Gasteiger partial charge in [-0.05, 0) is 25.1 Å². The van der Waals surface area contributed by atoms with Gasteiger partial charge < -0.3 is 14.5 Å². The predicted octanol–water partition coefficient (Wildman–Crippen LogP) is 4.06. The number of hydrogen-bond acceptors (Lipinski definition) is 4. The first-order chi connectivity index (χ1) is 12.2. The van der Waals surface area contributed by atoms with E-state index in [2.05, 4.69) is 10.4 Å². The summed E-state index contributed by atoms with van der Waals surface area (Å²) in [6.45, 7) is 2.56. The lowest BCUT2D eigenvalue weighted by molar-refractivity contribution is 0.101. The zero-order valence-electron chi connectivity index (χ0n) is 13.9. The van der Waals surface area contributed by atoms with Crippen molar-refractivity contribution in [3.63, 3.8) is 0 Å². The summed E-state index contributed by atoms with van der Waals surface area (Å²) in [7, 11) is 1.58. The van der Waals surface area contributed by atoms with Crippen LogP contribution >= 0.6 is 0 Å². The molecule has 4 rings (SSSR count). The van der Waals surface area contributed by atoms with Crippen LogP contribution in [0.4, 0.5) is 5.69 Å². The molecule has 0 radical (unpaired) electrons. The van der Waals surface area contributed by atoms with Gasteiger partial charge in [0.15, 0.2) is 0 Å². The molecule has 0 saturated carbocycles. The van der Waals surface area contributed by atoms with Crippen molar-refractivity contribution in [1.29, 1.82) is 0 Å². The van der Waals surface area contributed by atoms with Gasteiger partial charge in [-0.2, -0.15) is 5.10 Å². The first-order valence-corrected chi connectivity index (χ1v) is 8.03. The quantitative estimate of drug-likeness (QED) is 0.610. The molecule has 0 bridgehead atoms. The maximum atomic E-state index is 12.6. The lowest BCUT2D eigenvalue weighted by Crippen LogP contribution is -2.17. The topological polar surface area (TPSA) is 69.3 Å². The van der Waals surface area contributed by atoms with Crippen LogP contribution in [0.1, 0.15) is 17.4 Å². The van der Waals surface area contributed by atoms with Gasteiger partial charge in [0, 0.05) is 29.6 Å². The number of nitrogens with zero attached hydrogens (tertiary/aromatic N) is 2. The third-order valence-corrected chi connectivity index (χ3v) is 4.20. The number of furan rings is 1. The number of hydrogen-bond donors (Lipinski definition) is 1. The number of amides is 1. The summed E-state index contributed by atoms with van der Waals surface area (Å²) >= 11 is 0. The van der Waals surface area contributed by atoms with Crippen LogP contribution in [0.25, 0.3) is 21.9 Å². The van der Waals surface area contributed by atoms with Gasteiger partial charge in [-0.25, -0.2) is 0 Å². The molecule has 1 amide bonds. The molecule has 0 aliphatic heterocycles. The Bertz CT molecular complexity index is 1080. The minimum absolute atomic E-state index is 0.242. The van der Waals surface area contributed by atoms with Crippen LogP contribution in [0.15, 0.2) is 53.1 Å². The largest absolute Gasteiger partial charge is 0.495 e. The van der Waals surface area contributed by atoms with Crippen molar-refractivity contribution in [3.05, 3.63) is 54.4 Å². The number of nitrogens with one attached hydrogen (secondary N) is 1. The van der Waals surface area contributed by atoms with Crippen molar-refractivity contribution in [3.8, 4) is 5.75 Å². The molecule has 1 N–H and O–H groups in total. The van der Waals surface area contributed by atoms with E-state index in [0.29, 0.717) is 29.3 Å². The monoisotopic (exact) mass is 335 g/mol. The van der Waals surface area contributed by atoms with Gasteiger partial charge in [-0.1, -0.05) is 18.2 Å². The summed E-state index contributed by atoms with van der Waals surface area (Å²) in [5.74, 6) is 0.336. The number of ether oxygens (including phenoxy) is 1. The van der Waals surface area contributed by atoms with Gasteiger partial charge in [-0.15, -0.1) is 0 Å². The summed E-state index contributed by atoms with van der Waals surface area (Å²) in [5.41, 5.74) is 2.55. The number of rotatable bonds is 4. The Kier molecular flexibility index (Phi) is 3.65. The molecular formula is C19H17N3O3. The molecule has 6 heteroatoms. The Hall–Kier alpha value is -3.28. The lowest BCUT2D eigenvalue weighted by Gasteiger charge is -2.11. The SMILES string of the molecule is CCn1nccc1C(=O)Nc1cc2oc3ccccc3c2cc1OC. The number of carbonyl (C=O) groups is 1. The van der Waals surface area contributed by atoms with Crippen molar-refractivity contribution in [2.75, 3.05) is 12.4 Å². The Morgan fingerprint density at radius 2 is 2.04 bits per heavy atom. The maximum Gasteiger partial charge on any atom is 0.274 e. The molecule has 0 spiro atoms. The molecular weight excluding hydrogens is 318 g/mol. The molecule has 2 aromatic heterocycles. The summed E-state index contributed by atoms with van der Waals surface area (Å²) < 4.78 is 13.0. The normalized spacial score (nSPS) is 11.1. The van der Waals surface area contributed by atoms with E-state index in [9.17, 15) is 4.79 Å². The number of aromatic nitrogens is 2. The number of para-hydroxylation sites is 1. The molecule has 126 valence electrons. The highest BCUT2D eigenvalue weighted by molar-refractivity contribution is 6.09. The second-order valence-electron chi connectivity index (χ2n) is 5.63. The molecule has 0 atom stereocenters. The van der Waals surface area contributed by atoms with Crippen LogP contribution < -0.4 is 10.1 Å². The fraction of sp³-hybridized carbons (Fsp3) is 0.158. The fourth-order valence-electron chi connectivity index (χ4n) is 2.98. The number of aryl methyl sites for hydroxylation is 1. The van der Waals surface area contributed by atoms with Gasteiger partial charge in [0.1, 0.15) is 22.6 Å². The Balaban J connectivity index is 1.78. The number of anilines is 1. The summed E-state index contributed by atoms with van der Waals surface area (Å²) in [4.78, 5) is 12.6. The molecule has 2 heterocycles. The number of benzene rings is 2.